The van der Waals surface area contributed by atoms with Gasteiger partial charge in [-0.05, 0) is 49.6 Å². The molecule has 2 aromatic heterocycles. The third kappa shape index (κ3) is 4.55. The Labute approximate surface area is 200 Å². The van der Waals surface area contributed by atoms with Crippen LogP contribution in [0.1, 0.15) is 34.5 Å². The summed E-state index contributed by atoms with van der Waals surface area (Å²) in [6.45, 7) is 2.65. The highest BCUT2D eigenvalue weighted by Crippen LogP contribution is 2.26. The van der Waals surface area contributed by atoms with E-state index in [1.807, 2.05) is 6.07 Å². The van der Waals surface area contributed by atoms with Crippen LogP contribution in [-0.4, -0.2) is 47.0 Å². The molecule has 0 unspecified atom stereocenters. The Hall–Kier alpha value is -3.96. The number of amides is 2. The number of hydrazine groups is 1. The fourth-order valence-corrected chi connectivity index (χ4v) is 4.02. The van der Waals surface area contributed by atoms with Crippen LogP contribution in [0.4, 0.5) is 15.8 Å². The number of imidazole rings is 1. The second-order valence-corrected chi connectivity index (χ2v) is 8.71. The van der Waals surface area contributed by atoms with Crippen LogP contribution in [0.15, 0.2) is 42.9 Å². The molecular weight excluding hydrogens is 453 g/mol. The average molecular weight is 480 g/mol. The number of halogens is 1. The highest BCUT2D eigenvalue weighted by atomic mass is 19.1. The maximum Gasteiger partial charge on any atom is 0.254 e. The van der Waals surface area contributed by atoms with E-state index in [9.17, 15) is 14.0 Å². The van der Waals surface area contributed by atoms with Crippen molar-refractivity contribution in [1.29, 1.82) is 0 Å². The van der Waals surface area contributed by atoms with Crippen LogP contribution >= 0.6 is 0 Å². The van der Waals surface area contributed by atoms with Gasteiger partial charge in [0.25, 0.3) is 11.8 Å². The lowest BCUT2D eigenvalue weighted by molar-refractivity contribution is -0.125. The Morgan fingerprint density at radius 1 is 1.34 bits per heavy atom. The molecule has 10 nitrogen and oxygen atoms in total. The molecule has 1 aliphatic heterocycles. The molecule has 2 fully saturated rings. The molecule has 11 heteroatoms. The summed E-state index contributed by atoms with van der Waals surface area (Å²) in [5.74, 6) is 5.07. The molecule has 5 N–H and O–H groups in total. The summed E-state index contributed by atoms with van der Waals surface area (Å²) >= 11 is 0. The first-order chi connectivity index (χ1) is 16.8. The van der Waals surface area contributed by atoms with Gasteiger partial charge >= 0.3 is 0 Å². The third-order valence-electron chi connectivity index (χ3n) is 6.08. The van der Waals surface area contributed by atoms with Gasteiger partial charge in [-0.15, -0.1) is 0 Å². The minimum atomic E-state index is -0.610. The first-order valence-electron chi connectivity index (χ1n) is 11.3. The SMILES string of the molecule is Cc1cc(F)c(C(=O)NC2CC2)cc1N(N)/C=C(\N)c1cnc2ccc(N3CCOCC3=O)cn12. The molecule has 0 atom stereocenters. The van der Waals surface area contributed by atoms with E-state index in [0.717, 1.165) is 12.8 Å². The van der Waals surface area contributed by atoms with Crippen LogP contribution in [0, 0.1) is 12.7 Å². The van der Waals surface area contributed by atoms with E-state index in [0.29, 0.717) is 41.4 Å². The number of hydrogen-bond donors (Lipinski definition) is 3. The Bertz CT molecular complexity index is 1350. The number of carbonyl (C=O) groups is 2. The standard InChI is InChI=1S/C24H26FN7O3/c1-14-8-18(25)17(24(34)29-15-2-3-15)9-20(14)32(27)12-19(26)21-10-28-22-5-4-16(11-31(21)22)30-6-7-35-13-23(30)33/h4-5,8-12,15H,2-3,6-7,13,26-27H2,1H3,(H,29,34)/b19-12-. The topological polar surface area (TPSA) is 131 Å². The molecule has 1 saturated carbocycles. The fourth-order valence-electron chi connectivity index (χ4n) is 4.02. The lowest BCUT2D eigenvalue weighted by Crippen LogP contribution is -2.41. The third-order valence-corrected chi connectivity index (χ3v) is 6.08. The molecule has 1 aliphatic carbocycles. The lowest BCUT2D eigenvalue weighted by Gasteiger charge is -2.26. The van der Waals surface area contributed by atoms with Crippen molar-refractivity contribution in [3.05, 3.63) is 65.5 Å². The molecular formula is C24H26FN7O3. The number of fused-ring (bicyclic) bond motifs is 1. The zero-order valence-electron chi connectivity index (χ0n) is 19.2. The molecule has 182 valence electrons. The predicted octanol–water partition coefficient (Wildman–Crippen LogP) is 1.67. The van der Waals surface area contributed by atoms with Crippen molar-refractivity contribution in [1.82, 2.24) is 14.7 Å². The van der Waals surface area contributed by atoms with Gasteiger partial charge in [0.1, 0.15) is 18.1 Å². The van der Waals surface area contributed by atoms with Crippen molar-refractivity contribution in [2.24, 2.45) is 11.6 Å². The van der Waals surface area contributed by atoms with E-state index in [1.54, 1.807) is 34.7 Å². The Morgan fingerprint density at radius 2 is 2.14 bits per heavy atom. The number of hydrogen-bond acceptors (Lipinski definition) is 7. The van der Waals surface area contributed by atoms with Crippen molar-refractivity contribution in [2.75, 3.05) is 29.7 Å². The van der Waals surface area contributed by atoms with Crippen LogP contribution in [-0.2, 0) is 9.53 Å². The summed E-state index contributed by atoms with van der Waals surface area (Å²) in [6, 6.07) is 6.41. The lowest BCUT2D eigenvalue weighted by atomic mass is 10.1. The second kappa shape index (κ2) is 9.01. The predicted molar refractivity (Wildman–Crippen MR) is 129 cm³/mol. The van der Waals surface area contributed by atoms with Gasteiger partial charge in [-0.3, -0.25) is 19.0 Å². The molecule has 2 aliphatic rings. The zero-order valence-corrected chi connectivity index (χ0v) is 19.2. The Morgan fingerprint density at radius 3 is 2.89 bits per heavy atom. The number of ether oxygens (including phenoxy) is 1. The van der Waals surface area contributed by atoms with E-state index in [4.69, 9.17) is 16.3 Å². The summed E-state index contributed by atoms with van der Waals surface area (Å²) in [5, 5.41) is 4.05. The molecule has 3 heterocycles. The fraction of sp³-hybridized carbons (Fsp3) is 0.292. The van der Waals surface area contributed by atoms with E-state index < -0.39 is 11.7 Å². The van der Waals surface area contributed by atoms with Crippen LogP contribution in [0.5, 0.6) is 0 Å². The number of anilines is 2. The molecule has 0 spiro atoms. The normalized spacial score (nSPS) is 16.6. The van der Waals surface area contributed by atoms with Crippen molar-refractivity contribution in [3.8, 4) is 0 Å². The van der Waals surface area contributed by atoms with Gasteiger partial charge in [-0.1, -0.05) is 0 Å². The molecule has 1 saturated heterocycles. The van der Waals surface area contributed by atoms with E-state index in [2.05, 4.69) is 10.3 Å². The minimum absolute atomic E-state index is 0.0384. The van der Waals surface area contributed by atoms with Crippen LogP contribution in [0.2, 0.25) is 0 Å². The maximum atomic E-state index is 14.5. The number of pyridine rings is 1. The van der Waals surface area contributed by atoms with Crippen molar-refractivity contribution >= 4 is 34.5 Å². The van der Waals surface area contributed by atoms with E-state index >= 15 is 0 Å². The summed E-state index contributed by atoms with van der Waals surface area (Å²) < 4.78 is 21.5. The van der Waals surface area contributed by atoms with E-state index in [-0.39, 0.29) is 29.8 Å². The van der Waals surface area contributed by atoms with Crippen LogP contribution < -0.4 is 26.8 Å². The molecule has 3 aromatic rings. The number of nitrogens with two attached hydrogens (primary N) is 2. The smallest absolute Gasteiger partial charge is 0.254 e. The van der Waals surface area contributed by atoms with E-state index in [1.165, 1.54) is 23.3 Å². The highest BCUT2D eigenvalue weighted by molar-refractivity contribution is 5.96. The molecule has 0 bridgehead atoms. The number of nitrogens with zero attached hydrogens (tertiary/aromatic N) is 4. The van der Waals surface area contributed by atoms with Gasteiger partial charge in [-0.2, -0.15) is 0 Å². The van der Waals surface area contributed by atoms with Gasteiger partial charge in [0.15, 0.2) is 0 Å². The largest absolute Gasteiger partial charge is 0.396 e. The molecule has 5 rings (SSSR count). The van der Waals surface area contributed by atoms with Crippen LogP contribution in [0.3, 0.4) is 0 Å². The average Bonchev–Trinajstić information content (AvgIpc) is 3.53. The van der Waals surface area contributed by atoms with Gasteiger partial charge in [-0.25, -0.2) is 15.2 Å². The summed E-state index contributed by atoms with van der Waals surface area (Å²) in [7, 11) is 0. The zero-order chi connectivity index (χ0) is 24.7. The van der Waals surface area contributed by atoms with Gasteiger partial charge in [0.2, 0.25) is 0 Å². The second-order valence-electron chi connectivity index (χ2n) is 8.71. The summed E-state index contributed by atoms with van der Waals surface area (Å²) in [5.41, 5.74) is 9.47. The summed E-state index contributed by atoms with van der Waals surface area (Å²) in [6.07, 6.45) is 6.67. The van der Waals surface area contributed by atoms with Crippen molar-refractivity contribution in [2.45, 2.75) is 25.8 Å². The van der Waals surface area contributed by atoms with Gasteiger partial charge < -0.3 is 20.7 Å². The van der Waals surface area contributed by atoms with Gasteiger partial charge in [0.05, 0.1) is 41.1 Å². The quantitative estimate of drug-likeness (QED) is 0.362. The molecule has 2 amide bonds. The Kier molecular flexibility index (Phi) is 5.87. The monoisotopic (exact) mass is 479 g/mol. The molecule has 0 radical (unpaired) electrons. The van der Waals surface area contributed by atoms with Crippen LogP contribution in [0.25, 0.3) is 11.3 Å². The number of carbonyl (C=O) groups excluding carboxylic acids is 2. The molecule has 1 aromatic carbocycles. The summed E-state index contributed by atoms with van der Waals surface area (Å²) in [4.78, 5) is 30.7. The first kappa shape index (κ1) is 22.8. The number of nitrogens with one attached hydrogen (secondary N) is 1. The van der Waals surface area contributed by atoms with Gasteiger partial charge in [0, 0.05) is 25.0 Å². The van der Waals surface area contributed by atoms with Crippen molar-refractivity contribution < 1.29 is 18.7 Å². The highest BCUT2D eigenvalue weighted by Gasteiger charge is 2.26. The Balaban J connectivity index is 1.45. The number of aromatic nitrogens is 2. The number of aryl methyl sites for hydroxylation is 1. The maximum absolute atomic E-state index is 14.5. The number of benzene rings is 1. The number of rotatable bonds is 6. The first-order valence-corrected chi connectivity index (χ1v) is 11.3. The number of morpholine rings is 1. The minimum Gasteiger partial charge on any atom is -0.396 e. The van der Waals surface area contributed by atoms with Crippen molar-refractivity contribution in [3.63, 3.8) is 0 Å². The molecule has 35 heavy (non-hydrogen) atoms.